The maximum absolute atomic E-state index is 5.74. The quantitative estimate of drug-likeness (QED) is 0.768. The molecule has 0 spiro atoms. The van der Waals surface area contributed by atoms with Crippen LogP contribution in [-0.2, 0) is 11.5 Å². The van der Waals surface area contributed by atoms with Crippen molar-refractivity contribution in [1.29, 1.82) is 0 Å². The fourth-order valence-corrected chi connectivity index (χ4v) is 2.46. The molecule has 0 unspecified atom stereocenters. The fraction of sp³-hybridized carbons (Fsp3) is 0.600. The van der Waals surface area contributed by atoms with Crippen LogP contribution in [0.1, 0.15) is 25.3 Å². The molecule has 0 aromatic carbocycles. The topological polar surface area (TPSA) is 39.9 Å². The monoisotopic (exact) mass is 295 g/mol. The predicted octanol–water partition coefficient (Wildman–Crippen LogP) is 3.22. The maximum Gasteiger partial charge on any atom is 0.161 e. The first-order valence-electron chi connectivity index (χ1n) is 6.91. The summed E-state index contributed by atoms with van der Waals surface area (Å²) in [5.41, 5.74) is 3.07. The third kappa shape index (κ3) is 3.96. The molecular formula is C15H25N3OS. The average molecular weight is 295 g/mol. The minimum atomic E-state index is -0.488. The molecule has 2 aromatic rings. The number of hydrogen-bond donors (Lipinski definition) is 0. The molecule has 112 valence electrons. The number of imidazole rings is 1. The van der Waals surface area contributed by atoms with Gasteiger partial charge in [0.1, 0.15) is 12.2 Å². The molecule has 0 saturated carbocycles. The molecular weight excluding hydrogens is 270 g/mol. The van der Waals surface area contributed by atoms with Gasteiger partial charge in [0, 0.05) is 11.9 Å². The highest BCUT2D eigenvalue weighted by molar-refractivity contribution is 8.32. The molecule has 2 aromatic heterocycles. The van der Waals surface area contributed by atoms with Gasteiger partial charge in [-0.15, -0.1) is 0 Å². The number of rotatable bonds is 6. The number of hydrogen-bond acceptors (Lipinski definition) is 3. The summed E-state index contributed by atoms with van der Waals surface area (Å²) >= 11 is 0. The van der Waals surface area contributed by atoms with Crippen LogP contribution in [0.25, 0.3) is 11.2 Å². The van der Waals surface area contributed by atoms with Gasteiger partial charge in [-0.3, -0.25) is 4.57 Å². The summed E-state index contributed by atoms with van der Waals surface area (Å²) in [7, 11) is -0.488. The number of nitrogens with zero attached hydrogens (tertiary/aromatic N) is 3. The van der Waals surface area contributed by atoms with Crippen molar-refractivity contribution in [2.75, 3.05) is 31.1 Å². The molecule has 4 nitrogen and oxygen atoms in total. The second-order valence-corrected chi connectivity index (χ2v) is 10.9. The average Bonchev–Trinajstić information content (AvgIpc) is 2.76. The van der Waals surface area contributed by atoms with Crippen molar-refractivity contribution in [3.05, 3.63) is 24.2 Å². The molecule has 0 aliphatic rings. The standard InChI is InChI=1S/C15H25N3OS/c1-12(2)13-8-14-15(16-9-13)18(10-17-14)11-19-6-7-20(3,4)5/h8-10,12H,6-7,11H2,1-5H3. The van der Waals surface area contributed by atoms with Crippen LogP contribution in [0.2, 0.25) is 0 Å². The van der Waals surface area contributed by atoms with Crippen molar-refractivity contribution in [3.8, 4) is 0 Å². The van der Waals surface area contributed by atoms with Crippen LogP contribution >= 0.6 is 10.0 Å². The van der Waals surface area contributed by atoms with Crippen LogP contribution in [0.5, 0.6) is 0 Å². The van der Waals surface area contributed by atoms with Gasteiger partial charge >= 0.3 is 0 Å². The van der Waals surface area contributed by atoms with Gasteiger partial charge in [-0.05, 0) is 36.3 Å². The first-order valence-corrected chi connectivity index (χ1v) is 9.94. The molecule has 0 amide bonds. The molecule has 20 heavy (non-hydrogen) atoms. The van der Waals surface area contributed by atoms with Crippen molar-refractivity contribution in [2.45, 2.75) is 26.5 Å². The Kier molecular flexibility index (Phi) is 4.70. The van der Waals surface area contributed by atoms with Crippen molar-refractivity contribution in [2.24, 2.45) is 0 Å². The van der Waals surface area contributed by atoms with E-state index < -0.39 is 10.0 Å². The van der Waals surface area contributed by atoms with E-state index in [9.17, 15) is 0 Å². The molecule has 5 heteroatoms. The SMILES string of the molecule is CC(C)c1cnc2c(c1)ncn2COCCS(C)(C)C. The van der Waals surface area contributed by atoms with Crippen molar-refractivity contribution >= 4 is 21.2 Å². The van der Waals surface area contributed by atoms with Gasteiger partial charge < -0.3 is 4.74 Å². The van der Waals surface area contributed by atoms with E-state index in [0.717, 1.165) is 23.5 Å². The lowest BCUT2D eigenvalue weighted by Gasteiger charge is -2.24. The number of fused-ring (bicyclic) bond motifs is 1. The maximum atomic E-state index is 5.74. The minimum Gasteiger partial charge on any atom is -0.360 e. The van der Waals surface area contributed by atoms with Gasteiger partial charge in [-0.25, -0.2) is 20.0 Å². The molecule has 0 aliphatic carbocycles. The Labute approximate surface area is 122 Å². The zero-order valence-corrected chi connectivity index (χ0v) is 13.9. The van der Waals surface area contributed by atoms with Gasteiger partial charge in [0.25, 0.3) is 0 Å². The fourth-order valence-electron chi connectivity index (χ4n) is 1.85. The molecule has 2 rings (SSSR count). The van der Waals surface area contributed by atoms with Crippen LogP contribution in [0, 0.1) is 0 Å². The van der Waals surface area contributed by atoms with Gasteiger partial charge in [0.15, 0.2) is 5.65 Å². The lowest BCUT2D eigenvalue weighted by Crippen LogP contribution is -2.09. The van der Waals surface area contributed by atoms with E-state index in [1.165, 1.54) is 5.56 Å². The first-order chi connectivity index (χ1) is 9.37. The van der Waals surface area contributed by atoms with Gasteiger partial charge in [-0.2, -0.15) is 0 Å². The summed E-state index contributed by atoms with van der Waals surface area (Å²) in [6, 6.07) is 2.11. The zero-order valence-electron chi connectivity index (χ0n) is 13.1. The van der Waals surface area contributed by atoms with E-state index in [0.29, 0.717) is 12.6 Å². The van der Waals surface area contributed by atoms with Crippen molar-refractivity contribution in [3.63, 3.8) is 0 Å². The Morgan fingerprint density at radius 3 is 2.65 bits per heavy atom. The van der Waals surface area contributed by atoms with Crippen LogP contribution in [0.4, 0.5) is 0 Å². The second kappa shape index (κ2) is 6.14. The van der Waals surface area contributed by atoms with Crippen LogP contribution < -0.4 is 0 Å². The van der Waals surface area contributed by atoms with Crippen LogP contribution in [0.3, 0.4) is 0 Å². The summed E-state index contributed by atoms with van der Waals surface area (Å²) in [6.07, 6.45) is 10.7. The largest absolute Gasteiger partial charge is 0.360 e. The molecule has 0 bridgehead atoms. The van der Waals surface area contributed by atoms with E-state index >= 15 is 0 Å². The Balaban J connectivity index is 2.01. The summed E-state index contributed by atoms with van der Waals surface area (Å²) in [5.74, 6) is 1.60. The van der Waals surface area contributed by atoms with E-state index in [1.54, 1.807) is 0 Å². The minimum absolute atomic E-state index is 0.475. The molecule has 0 atom stereocenters. The number of pyridine rings is 1. The molecule has 2 heterocycles. The molecule has 0 aliphatic heterocycles. The molecule has 0 radical (unpaired) electrons. The summed E-state index contributed by atoms with van der Waals surface area (Å²) in [4.78, 5) is 8.93. The van der Waals surface area contributed by atoms with Gasteiger partial charge in [-0.1, -0.05) is 13.8 Å². The lowest BCUT2D eigenvalue weighted by atomic mass is 10.1. The van der Waals surface area contributed by atoms with Gasteiger partial charge in [0.05, 0.1) is 12.9 Å². The van der Waals surface area contributed by atoms with E-state index in [2.05, 4.69) is 48.6 Å². The first kappa shape index (κ1) is 15.3. The third-order valence-electron chi connectivity index (χ3n) is 3.21. The molecule has 0 saturated heterocycles. The van der Waals surface area contributed by atoms with Crippen molar-refractivity contribution in [1.82, 2.24) is 14.5 Å². The van der Waals surface area contributed by atoms with E-state index in [-0.39, 0.29) is 0 Å². The van der Waals surface area contributed by atoms with E-state index in [1.807, 2.05) is 17.1 Å². The number of aromatic nitrogens is 3. The Morgan fingerprint density at radius 1 is 1.25 bits per heavy atom. The third-order valence-corrected chi connectivity index (χ3v) is 4.61. The summed E-state index contributed by atoms with van der Waals surface area (Å²) in [6.45, 7) is 5.65. The normalized spacial score (nSPS) is 13.3. The lowest BCUT2D eigenvalue weighted by molar-refractivity contribution is 0.0919. The Hall–Kier alpha value is -1.07. The highest BCUT2D eigenvalue weighted by Gasteiger charge is 2.08. The Bertz CT molecular complexity index is 572. The Morgan fingerprint density at radius 2 is 2.00 bits per heavy atom. The second-order valence-electron chi connectivity index (χ2n) is 6.31. The summed E-state index contributed by atoms with van der Waals surface area (Å²) < 4.78 is 7.71. The molecule has 0 N–H and O–H groups in total. The zero-order chi connectivity index (χ0) is 14.8. The summed E-state index contributed by atoms with van der Waals surface area (Å²) in [5, 5.41) is 0. The predicted molar refractivity (Wildman–Crippen MR) is 87.8 cm³/mol. The molecule has 0 fully saturated rings. The van der Waals surface area contributed by atoms with Gasteiger partial charge in [0.2, 0.25) is 0 Å². The highest BCUT2D eigenvalue weighted by atomic mass is 32.3. The van der Waals surface area contributed by atoms with Crippen LogP contribution in [0.15, 0.2) is 18.6 Å². The van der Waals surface area contributed by atoms with Crippen molar-refractivity contribution < 1.29 is 4.74 Å². The number of ether oxygens (including phenoxy) is 1. The smallest absolute Gasteiger partial charge is 0.161 e. The van der Waals surface area contributed by atoms with Crippen LogP contribution in [-0.4, -0.2) is 45.7 Å². The van der Waals surface area contributed by atoms with E-state index in [4.69, 9.17) is 4.74 Å². The highest BCUT2D eigenvalue weighted by Crippen LogP contribution is 2.33.